The van der Waals surface area contributed by atoms with Crippen molar-refractivity contribution in [2.75, 3.05) is 64.4 Å². The predicted octanol–water partition coefficient (Wildman–Crippen LogP) is 0.750. The van der Waals surface area contributed by atoms with Gasteiger partial charge in [0.25, 0.3) is 5.91 Å². The number of carbonyl (C=O) groups excluding carboxylic acids is 5. The van der Waals surface area contributed by atoms with E-state index >= 15 is 0 Å². The second-order valence-corrected chi connectivity index (χ2v) is 17.2. The normalized spacial score (nSPS) is 18.3. The lowest BCUT2D eigenvalue weighted by Gasteiger charge is -2.46. The molecule has 5 rings (SSSR count). The Balaban J connectivity index is 1.56. The molecule has 5 amide bonds. The molecule has 3 heterocycles. The van der Waals surface area contributed by atoms with Gasteiger partial charge in [-0.1, -0.05) is 32.9 Å². The molecule has 10 N–H and O–H groups in total. The molecule has 1 fully saturated rings. The third-order valence-corrected chi connectivity index (χ3v) is 11.5. The van der Waals surface area contributed by atoms with Crippen LogP contribution in [0.25, 0.3) is 11.1 Å². The average molecular weight is 883 g/mol. The largest absolute Gasteiger partial charge is 0.492 e. The van der Waals surface area contributed by atoms with Gasteiger partial charge in [-0.25, -0.2) is 9.97 Å². The number of hydrogen-bond acceptors (Lipinski definition) is 14. The summed E-state index contributed by atoms with van der Waals surface area (Å²) >= 11 is 0. The van der Waals surface area contributed by atoms with Gasteiger partial charge in [0.1, 0.15) is 55.4 Å². The Labute approximate surface area is 374 Å². The average Bonchev–Trinajstić information content (AvgIpc) is 3.22. The minimum Gasteiger partial charge on any atom is -0.492 e. The smallest absolute Gasteiger partial charge is 0.255 e. The lowest BCUT2D eigenvalue weighted by Crippen LogP contribution is -2.56. The molecule has 0 unspecified atom stereocenters. The van der Waals surface area contributed by atoms with Crippen molar-refractivity contribution < 1.29 is 33.4 Å². The summed E-state index contributed by atoms with van der Waals surface area (Å²) in [7, 11) is 1.42. The lowest BCUT2D eigenvalue weighted by molar-refractivity contribution is -0.141. The van der Waals surface area contributed by atoms with Crippen molar-refractivity contribution in [2.45, 2.75) is 78.6 Å². The van der Waals surface area contributed by atoms with Gasteiger partial charge in [0.15, 0.2) is 0 Å². The van der Waals surface area contributed by atoms with Crippen LogP contribution in [0.2, 0.25) is 0 Å². The molecule has 3 aromatic rings. The molecule has 4 atom stereocenters. The zero-order valence-corrected chi connectivity index (χ0v) is 37.7. The molecule has 19 heteroatoms. The number of nitriles is 1. The fraction of sp³-hybridized carbons (Fsp3) is 0.511. The van der Waals surface area contributed by atoms with E-state index in [1.807, 2.05) is 6.07 Å². The van der Waals surface area contributed by atoms with Crippen molar-refractivity contribution in [3.05, 3.63) is 64.5 Å². The van der Waals surface area contributed by atoms with Gasteiger partial charge in [0, 0.05) is 50.8 Å². The Morgan fingerprint density at radius 3 is 2.12 bits per heavy atom. The lowest BCUT2D eigenvalue weighted by atomic mass is 9.76. The first-order valence-electron chi connectivity index (χ1n) is 21.5. The van der Waals surface area contributed by atoms with E-state index in [4.69, 9.17) is 31.9 Å². The van der Waals surface area contributed by atoms with Crippen molar-refractivity contribution in [1.29, 1.82) is 5.26 Å². The third-order valence-electron chi connectivity index (χ3n) is 11.5. The monoisotopic (exact) mass is 882 g/mol. The second-order valence-electron chi connectivity index (χ2n) is 17.2. The number of carbonyl (C=O) groups is 5. The van der Waals surface area contributed by atoms with Crippen LogP contribution in [0.4, 0.5) is 5.95 Å². The molecule has 19 nitrogen and oxygen atoms in total. The Kier molecular flexibility index (Phi) is 16.2. The molecule has 344 valence electrons. The van der Waals surface area contributed by atoms with Crippen LogP contribution < -0.4 is 52.8 Å². The quantitative estimate of drug-likeness (QED) is 0.104. The highest BCUT2D eigenvalue weighted by Crippen LogP contribution is 2.40. The van der Waals surface area contributed by atoms with Gasteiger partial charge in [-0.2, -0.15) is 5.26 Å². The number of fused-ring (bicyclic) bond motifs is 5. The summed E-state index contributed by atoms with van der Waals surface area (Å²) in [5.41, 5.74) is 20.8. The van der Waals surface area contributed by atoms with Crippen LogP contribution >= 0.6 is 0 Å². The van der Waals surface area contributed by atoms with Gasteiger partial charge in [-0.15, -0.1) is 0 Å². The van der Waals surface area contributed by atoms with Crippen LogP contribution in [0.5, 0.6) is 11.5 Å². The van der Waals surface area contributed by atoms with Crippen LogP contribution in [-0.2, 0) is 25.6 Å². The van der Waals surface area contributed by atoms with Gasteiger partial charge < -0.3 is 57.7 Å². The third kappa shape index (κ3) is 11.4. The molecule has 64 heavy (non-hydrogen) atoms. The standard InChI is InChI=1S/C45H62N12O7/c1-25-37(26(2)53-44(52-25)57-23-30(24-57)45(4,5)6)41(60)54-33(12-13-46)43(62)56(7)38-29-9-11-36(64-19-16-49)32(22-29)31-20-28(8-10-35(31)63-18-15-48)21-34(40(59)50-17-14-47)55-39(58)27(3)51-42(38)61/h8-11,20,22,27,30,33-34,38H,12-13,15-19,21,23-24,46,48-49H2,1-7H3,(H,50,59)(H,51,61)(H,54,60)(H,55,58)/t27-,33-,34-,38-/m0/s1. The first kappa shape index (κ1) is 48.7. The molecule has 1 saturated heterocycles. The number of rotatable bonds is 15. The number of ether oxygens (including phenoxy) is 2. The molecule has 2 aliphatic heterocycles. The maximum atomic E-state index is 14.7. The topological polar surface area (TPSA) is 286 Å². The van der Waals surface area contributed by atoms with Crippen molar-refractivity contribution in [3.63, 3.8) is 0 Å². The van der Waals surface area contributed by atoms with Crippen LogP contribution in [0.3, 0.4) is 0 Å². The van der Waals surface area contributed by atoms with Gasteiger partial charge in [-0.05, 0) is 80.5 Å². The van der Waals surface area contributed by atoms with E-state index in [-0.39, 0.29) is 63.2 Å². The first-order valence-corrected chi connectivity index (χ1v) is 21.5. The van der Waals surface area contributed by atoms with Crippen LogP contribution in [0.15, 0.2) is 36.4 Å². The summed E-state index contributed by atoms with van der Waals surface area (Å²) in [6, 6.07) is 7.10. The molecule has 2 aliphatic rings. The molecule has 0 radical (unpaired) electrons. The van der Waals surface area contributed by atoms with Gasteiger partial charge in [0.2, 0.25) is 29.6 Å². The van der Waals surface area contributed by atoms with E-state index in [2.05, 4.69) is 56.9 Å². The Morgan fingerprint density at radius 2 is 1.55 bits per heavy atom. The highest BCUT2D eigenvalue weighted by molar-refractivity contribution is 6.00. The maximum absolute atomic E-state index is 14.7. The van der Waals surface area contributed by atoms with E-state index in [0.29, 0.717) is 57.0 Å². The van der Waals surface area contributed by atoms with E-state index in [9.17, 15) is 24.0 Å². The minimum absolute atomic E-state index is 0.00621. The molecule has 0 aliphatic carbocycles. The van der Waals surface area contributed by atoms with Gasteiger partial charge >= 0.3 is 0 Å². The SMILES string of the molecule is Cc1nc(N2CC(C(C)(C)C)C2)nc(C)c1C(=O)N[C@@H](CCN)C(=O)N(C)[C@@H]1C(=O)N[C@@H](C)C(=O)N[C@H](C(=O)NCC#N)Cc2ccc(OCCN)c(c2)-c2cc1ccc2OCCN. The summed E-state index contributed by atoms with van der Waals surface area (Å²) < 4.78 is 12.2. The van der Waals surface area contributed by atoms with Crippen molar-refractivity contribution in [1.82, 2.24) is 36.1 Å². The molecule has 4 bridgehead atoms. The summed E-state index contributed by atoms with van der Waals surface area (Å²) in [6.45, 7) is 13.5. The molecule has 2 aromatic carbocycles. The summed E-state index contributed by atoms with van der Waals surface area (Å²) in [5, 5.41) is 19.9. The highest BCUT2D eigenvalue weighted by atomic mass is 16.5. The predicted molar refractivity (Wildman–Crippen MR) is 240 cm³/mol. The van der Waals surface area contributed by atoms with Gasteiger partial charge in [0.05, 0.1) is 23.0 Å². The van der Waals surface area contributed by atoms with Crippen molar-refractivity contribution in [2.24, 2.45) is 28.5 Å². The van der Waals surface area contributed by atoms with E-state index in [1.165, 1.54) is 18.9 Å². The first-order chi connectivity index (χ1) is 30.4. The second kappa shape index (κ2) is 21.3. The minimum atomic E-state index is -1.39. The zero-order valence-electron chi connectivity index (χ0n) is 37.7. The van der Waals surface area contributed by atoms with E-state index in [0.717, 1.165) is 13.1 Å². The van der Waals surface area contributed by atoms with E-state index < -0.39 is 53.7 Å². The number of aryl methyl sites for hydroxylation is 2. The number of nitrogens with one attached hydrogen (secondary N) is 4. The van der Waals surface area contributed by atoms with Crippen LogP contribution in [0.1, 0.15) is 73.0 Å². The number of hydrogen-bond donors (Lipinski definition) is 7. The Hall–Kier alpha value is -6.36. The molecule has 0 spiro atoms. The van der Waals surface area contributed by atoms with Gasteiger partial charge in [-0.3, -0.25) is 24.0 Å². The number of likely N-dealkylation sites (N-methyl/N-ethyl adjacent to an activating group) is 1. The number of amides is 5. The molecular weight excluding hydrogens is 821 g/mol. The number of aromatic nitrogens is 2. The van der Waals surface area contributed by atoms with Crippen LogP contribution in [-0.4, -0.2) is 122 Å². The molecule has 1 aromatic heterocycles. The van der Waals surface area contributed by atoms with Crippen molar-refractivity contribution in [3.8, 4) is 28.7 Å². The summed E-state index contributed by atoms with van der Waals surface area (Å²) in [5.74, 6) is -1.50. The molecular formula is C45H62N12O7. The zero-order chi connectivity index (χ0) is 46.9. The van der Waals surface area contributed by atoms with Crippen LogP contribution in [0, 0.1) is 36.5 Å². The summed E-state index contributed by atoms with van der Waals surface area (Å²) in [4.78, 5) is 82.9. The summed E-state index contributed by atoms with van der Waals surface area (Å²) in [6.07, 6.45) is 0.0222. The Bertz CT molecular complexity index is 2230. The number of benzene rings is 2. The number of nitrogens with two attached hydrogens (primary N) is 3. The van der Waals surface area contributed by atoms with Crippen molar-refractivity contribution >= 4 is 35.5 Å². The Morgan fingerprint density at radius 1 is 0.938 bits per heavy atom. The highest BCUT2D eigenvalue weighted by Gasteiger charge is 2.39. The van der Waals surface area contributed by atoms with E-state index in [1.54, 1.807) is 50.2 Å². The maximum Gasteiger partial charge on any atom is 0.255 e. The number of nitrogens with zero attached hydrogens (tertiary/aromatic N) is 5. The fourth-order valence-corrected chi connectivity index (χ4v) is 7.72. The fourth-order valence-electron chi connectivity index (χ4n) is 7.72. The molecule has 0 saturated carbocycles. The number of anilines is 1.